The molecule has 1 aliphatic carbocycles. The minimum Gasteiger partial charge on any atom is -0.497 e. The smallest absolute Gasteiger partial charge is 0.275 e. The third kappa shape index (κ3) is 3.94. The standard InChI is InChI=1S/C27H30ClN3O3/c1-27(26(33)29-20-9-5-3-4-6-10-20)17-30-23-16-22(34-2)13-12-18(23)14-24(30)25(32)31(27)21-11-7-8-19(28)15-21/h7-8,11-16,20H,3-6,9-10,17H2,1-2H3,(H,29,33)/t27-/m1/s1. The van der Waals surface area contributed by atoms with Crippen LogP contribution in [-0.2, 0) is 11.3 Å². The molecule has 1 N–H and O–H groups in total. The number of halogens is 1. The van der Waals surface area contributed by atoms with Crippen LogP contribution in [0.15, 0.2) is 48.5 Å². The second-order valence-corrected chi connectivity index (χ2v) is 10.0. The number of anilines is 1. The van der Waals surface area contributed by atoms with E-state index < -0.39 is 5.54 Å². The predicted molar refractivity (Wildman–Crippen MR) is 135 cm³/mol. The molecule has 0 saturated heterocycles. The molecule has 2 heterocycles. The molecule has 2 aliphatic rings. The zero-order valence-electron chi connectivity index (χ0n) is 19.6. The van der Waals surface area contributed by atoms with Gasteiger partial charge < -0.3 is 14.6 Å². The van der Waals surface area contributed by atoms with E-state index in [-0.39, 0.29) is 17.9 Å². The van der Waals surface area contributed by atoms with Gasteiger partial charge in [0.15, 0.2) is 0 Å². The molecule has 1 atom stereocenters. The highest BCUT2D eigenvalue weighted by Crippen LogP contribution is 2.37. The topological polar surface area (TPSA) is 63.6 Å². The van der Waals surface area contributed by atoms with Crippen LogP contribution in [0, 0.1) is 0 Å². The summed E-state index contributed by atoms with van der Waals surface area (Å²) in [5.74, 6) is 0.355. The van der Waals surface area contributed by atoms with Crippen molar-refractivity contribution in [3.63, 3.8) is 0 Å². The molecule has 1 fully saturated rings. The summed E-state index contributed by atoms with van der Waals surface area (Å²) in [7, 11) is 1.62. The number of nitrogens with zero attached hydrogens (tertiary/aromatic N) is 2. The summed E-state index contributed by atoms with van der Waals surface area (Å²) in [6.45, 7) is 2.18. The molecule has 6 nitrogen and oxygen atoms in total. The van der Waals surface area contributed by atoms with Gasteiger partial charge in [0.25, 0.3) is 5.91 Å². The Balaban J connectivity index is 1.61. The molecule has 2 amide bonds. The summed E-state index contributed by atoms with van der Waals surface area (Å²) in [6, 6.07) is 14.9. The fraction of sp³-hybridized carbons (Fsp3) is 0.407. The Kier molecular flexibility index (Phi) is 6.02. The zero-order valence-corrected chi connectivity index (χ0v) is 20.4. The molecule has 1 aliphatic heterocycles. The maximum atomic E-state index is 14.0. The fourth-order valence-electron chi connectivity index (χ4n) is 5.38. The van der Waals surface area contributed by atoms with Crippen LogP contribution < -0.4 is 15.0 Å². The van der Waals surface area contributed by atoms with E-state index in [9.17, 15) is 9.59 Å². The number of nitrogens with one attached hydrogen (secondary N) is 1. The Morgan fingerprint density at radius 2 is 1.85 bits per heavy atom. The monoisotopic (exact) mass is 479 g/mol. The Morgan fingerprint density at radius 3 is 2.56 bits per heavy atom. The summed E-state index contributed by atoms with van der Waals surface area (Å²) in [6.07, 6.45) is 6.59. The van der Waals surface area contributed by atoms with Gasteiger partial charge in [-0.15, -0.1) is 0 Å². The van der Waals surface area contributed by atoms with Gasteiger partial charge in [-0.3, -0.25) is 14.5 Å². The lowest BCUT2D eigenvalue weighted by Crippen LogP contribution is -2.65. The second kappa shape index (κ2) is 8.99. The molecule has 34 heavy (non-hydrogen) atoms. The van der Waals surface area contributed by atoms with Crippen molar-refractivity contribution in [2.24, 2.45) is 0 Å². The summed E-state index contributed by atoms with van der Waals surface area (Å²) >= 11 is 6.30. The maximum absolute atomic E-state index is 14.0. The first-order valence-electron chi connectivity index (χ1n) is 12.0. The summed E-state index contributed by atoms with van der Waals surface area (Å²) in [4.78, 5) is 29.5. The van der Waals surface area contributed by atoms with Gasteiger partial charge in [0.1, 0.15) is 17.0 Å². The first-order valence-corrected chi connectivity index (χ1v) is 12.4. The molecular weight excluding hydrogens is 450 g/mol. The van der Waals surface area contributed by atoms with Crippen LogP contribution in [0.3, 0.4) is 0 Å². The van der Waals surface area contributed by atoms with Gasteiger partial charge in [0, 0.05) is 28.2 Å². The normalized spacial score (nSPS) is 21.3. The van der Waals surface area contributed by atoms with Gasteiger partial charge in [-0.2, -0.15) is 0 Å². The van der Waals surface area contributed by atoms with Crippen molar-refractivity contribution in [2.45, 2.75) is 63.6 Å². The molecule has 7 heteroatoms. The molecule has 1 aromatic heterocycles. The van der Waals surface area contributed by atoms with E-state index in [1.54, 1.807) is 24.1 Å². The van der Waals surface area contributed by atoms with Crippen molar-refractivity contribution < 1.29 is 14.3 Å². The number of hydrogen-bond acceptors (Lipinski definition) is 3. The summed E-state index contributed by atoms with van der Waals surface area (Å²) in [5.41, 5.74) is 0.908. The van der Waals surface area contributed by atoms with Gasteiger partial charge in [-0.25, -0.2) is 0 Å². The number of amides is 2. The lowest BCUT2D eigenvalue weighted by molar-refractivity contribution is -0.127. The van der Waals surface area contributed by atoms with E-state index in [2.05, 4.69) is 5.32 Å². The average molecular weight is 480 g/mol. The van der Waals surface area contributed by atoms with Crippen LogP contribution in [0.4, 0.5) is 5.69 Å². The molecule has 1 saturated carbocycles. The Morgan fingerprint density at radius 1 is 1.09 bits per heavy atom. The van der Waals surface area contributed by atoms with Crippen molar-refractivity contribution in [3.05, 3.63) is 59.2 Å². The van der Waals surface area contributed by atoms with E-state index in [0.29, 0.717) is 28.7 Å². The van der Waals surface area contributed by atoms with E-state index in [1.807, 2.05) is 47.9 Å². The highest BCUT2D eigenvalue weighted by molar-refractivity contribution is 6.31. The molecule has 178 valence electrons. The van der Waals surface area contributed by atoms with Crippen molar-refractivity contribution in [2.75, 3.05) is 12.0 Å². The summed E-state index contributed by atoms with van der Waals surface area (Å²) < 4.78 is 7.37. The van der Waals surface area contributed by atoms with Crippen molar-refractivity contribution >= 4 is 40.0 Å². The number of hydrogen-bond donors (Lipinski definition) is 1. The first kappa shape index (κ1) is 22.8. The van der Waals surface area contributed by atoms with E-state index in [1.165, 1.54) is 12.8 Å². The Labute approximate surface area is 204 Å². The minimum absolute atomic E-state index is 0.131. The lowest BCUT2D eigenvalue weighted by Gasteiger charge is -2.44. The van der Waals surface area contributed by atoms with Crippen LogP contribution in [0.2, 0.25) is 5.02 Å². The molecule has 0 bridgehead atoms. The maximum Gasteiger partial charge on any atom is 0.275 e. The van der Waals surface area contributed by atoms with E-state index in [0.717, 1.165) is 36.6 Å². The molecule has 5 rings (SSSR count). The van der Waals surface area contributed by atoms with Gasteiger partial charge in [-0.05, 0) is 56.2 Å². The fourth-order valence-corrected chi connectivity index (χ4v) is 5.57. The highest BCUT2D eigenvalue weighted by Gasteiger charge is 2.49. The van der Waals surface area contributed by atoms with Crippen LogP contribution in [0.5, 0.6) is 5.75 Å². The third-order valence-electron chi connectivity index (χ3n) is 7.24. The molecule has 3 aromatic rings. The number of benzene rings is 2. The largest absolute Gasteiger partial charge is 0.497 e. The van der Waals surface area contributed by atoms with E-state index in [4.69, 9.17) is 16.3 Å². The van der Waals surface area contributed by atoms with Crippen LogP contribution in [0.25, 0.3) is 10.9 Å². The number of rotatable bonds is 4. The Bertz CT molecular complexity index is 1250. The summed E-state index contributed by atoms with van der Waals surface area (Å²) in [5, 5.41) is 4.75. The number of ether oxygens (including phenoxy) is 1. The molecule has 2 aromatic carbocycles. The number of carbonyl (C=O) groups is 2. The molecular formula is C27H30ClN3O3. The van der Waals surface area contributed by atoms with Gasteiger partial charge >= 0.3 is 0 Å². The minimum atomic E-state index is -1.13. The average Bonchev–Trinajstić information content (AvgIpc) is 2.98. The van der Waals surface area contributed by atoms with Crippen molar-refractivity contribution in [3.8, 4) is 5.75 Å². The second-order valence-electron chi connectivity index (χ2n) is 9.60. The van der Waals surface area contributed by atoms with Crippen molar-refractivity contribution in [1.82, 2.24) is 9.88 Å². The molecule has 0 unspecified atom stereocenters. The Hall–Kier alpha value is -2.99. The molecule has 0 spiro atoms. The third-order valence-corrected chi connectivity index (χ3v) is 7.47. The molecule has 0 radical (unpaired) electrons. The quantitative estimate of drug-likeness (QED) is 0.498. The number of fused-ring (bicyclic) bond motifs is 3. The van der Waals surface area contributed by atoms with Crippen LogP contribution in [-0.4, -0.2) is 35.1 Å². The number of aromatic nitrogens is 1. The highest BCUT2D eigenvalue weighted by atomic mass is 35.5. The van der Waals surface area contributed by atoms with Crippen molar-refractivity contribution in [1.29, 1.82) is 0 Å². The number of methoxy groups -OCH3 is 1. The van der Waals surface area contributed by atoms with E-state index >= 15 is 0 Å². The SMILES string of the molecule is COc1ccc2cc3n(c2c1)C[C@](C)(C(=O)NC1CCCCCC1)N(c1cccc(Cl)c1)C3=O. The zero-order chi connectivity index (χ0) is 23.9. The van der Waals surface area contributed by atoms with Gasteiger partial charge in [-0.1, -0.05) is 43.4 Å². The first-order chi connectivity index (χ1) is 16.4. The predicted octanol–water partition coefficient (Wildman–Crippen LogP) is 5.56. The van der Waals surface area contributed by atoms with Gasteiger partial charge in [0.05, 0.1) is 19.2 Å². The number of carbonyl (C=O) groups excluding carboxylic acids is 2. The van der Waals surface area contributed by atoms with Gasteiger partial charge in [0.2, 0.25) is 5.91 Å². The lowest BCUT2D eigenvalue weighted by atomic mass is 9.92. The van der Waals surface area contributed by atoms with Crippen LogP contribution in [0.1, 0.15) is 55.9 Å². The van der Waals surface area contributed by atoms with Crippen LogP contribution >= 0.6 is 11.6 Å².